The van der Waals surface area contributed by atoms with Crippen molar-refractivity contribution in [2.75, 3.05) is 26.2 Å². The van der Waals surface area contributed by atoms with E-state index in [0.717, 1.165) is 26.2 Å². The predicted octanol–water partition coefficient (Wildman–Crippen LogP) is 3.67. The standard InChI is InChI=1S/C18H24N2S/c1-18(2,17-9-6-12-21-17)14-20-11-10-19-13-16(20)15-7-4-3-5-8-15/h3-9,12,16,19H,10-11,13-14H2,1-2H3. The molecule has 1 unspecified atom stereocenters. The summed E-state index contributed by atoms with van der Waals surface area (Å²) in [6.45, 7) is 9.09. The van der Waals surface area contributed by atoms with Crippen molar-refractivity contribution in [3.63, 3.8) is 0 Å². The minimum absolute atomic E-state index is 0.207. The number of thiophene rings is 1. The van der Waals surface area contributed by atoms with E-state index in [-0.39, 0.29) is 5.41 Å². The van der Waals surface area contributed by atoms with Crippen molar-refractivity contribution in [1.29, 1.82) is 0 Å². The van der Waals surface area contributed by atoms with Gasteiger partial charge in [-0.3, -0.25) is 4.90 Å². The molecule has 1 atom stereocenters. The summed E-state index contributed by atoms with van der Waals surface area (Å²) in [5.74, 6) is 0. The van der Waals surface area contributed by atoms with Crippen LogP contribution < -0.4 is 5.32 Å². The lowest BCUT2D eigenvalue weighted by atomic mass is 9.89. The van der Waals surface area contributed by atoms with Gasteiger partial charge in [0.1, 0.15) is 0 Å². The first-order valence-electron chi connectivity index (χ1n) is 7.70. The summed E-state index contributed by atoms with van der Waals surface area (Å²) in [6.07, 6.45) is 0. The second-order valence-corrected chi connectivity index (χ2v) is 7.41. The molecular formula is C18H24N2S. The van der Waals surface area contributed by atoms with Gasteiger partial charge in [-0.25, -0.2) is 0 Å². The molecule has 1 aromatic carbocycles. The average Bonchev–Trinajstić information content (AvgIpc) is 3.03. The van der Waals surface area contributed by atoms with Crippen LogP contribution in [0.25, 0.3) is 0 Å². The molecule has 2 nitrogen and oxygen atoms in total. The molecule has 3 heteroatoms. The molecule has 1 aliphatic heterocycles. The molecular weight excluding hydrogens is 276 g/mol. The van der Waals surface area contributed by atoms with E-state index in [2.05, 4.69) is 71.9 Å². The highest BCUT2D eigenvalue weighted by molar-refractivity contribution is 7.10. The zero-order chi connectivity index (χ0) is 14.7. The van der Waals surface area contributed by atoms with Gasteiger partial charge in [-0.05, 0) is 17.0 Å². The number of nitrogens with zero attached hydrogens (tertiary/aromatic N) is 1. The van der Waals surface area contributed by atoms with E-state index in [9.17, 15) is 0 Å². The van der Waals surface area contributed by atoms with Crippen LogP contribution in [0.2, 0.25) is 0 Å². The van der Waals surface area contributed by atoms with E-state index in [1.165, 1.54) is 10.4 Å². The van der Waals surface area contributed by atoms with Gasteiger partial charge in [0.2, 0.25) is 0 Å². The number of piperazine rings is 1. The quantitative estimate of drug-likeness (QED) is 0.927. The third-order valence-electron chi connectivity index (χ3n) is 4.33. The second kappa shape index (κ2) is 6.30. The van der Waals surface area contributed by atoms with E-state index in [1.54, 1.807) is 0 Å². The Balaban J connectivity index is 1.79. The van der Waals surface area contributed by atoms with Gasteiger partial charge >= 0.3 is 0 Å². The molecule has 112 valence electrons. The summed E-state index contributed by atoms with van der Waals surface area (Å²) in [5, 5.41) is 5.73. The largest absolute Gasteiger partial charge is 0.314 e. The predicted molar refractivity (Wildman–Crippen MR) is 91.0 cm³/mol. The van der Waals surface area contributed by atoms with Crippen molar-refractivity contribution < 1.29 is 0 Å². The average molecular weight is 300 g/mol. The molecule has 1 N–H and O–H groups in total. The Morgan fingerprint density at radius 1 is 1.19 bits per heavy atom. The highest BCUT2D eigenvalue weighted by Gasteiger charge is 2.30. The van der Waals surface area contributed by atoms with E-state index in [4.69, 9.17) is 0 Å². The number of nitrogens with one attached hydrogen (secondary N) is 1. The molecule has 0 bridgehead atoms. The smallest absolute Gasteiger partial charge is 0.0473 e. The highest BCUT2D eigenvalue weighted by Crippen LogP contribution is 2.32. The topological polar surface area (TPSA) is 15.3 Å². The van der Waals surface area contributed by atoms with Crippen molar-refractivity contribution in [3.05, 3.63) is 58.3 Å². The Labute approximate surface area is 131 Å². The Morgan fingerprint density at radius 2 is 2.00 bits per heavy atom. The monoisotopic (exact) mass is 300 g/mol. The molecule has 0 radical (unpaired) electrons. The molecule has 0 amide bonds. The normalized spacial score (nSPS) is 20.6. The lowest BCUT2D eigenvalue weighted by molar-refractivity contribution is 0.134. The van der Waals surface area contributed by atoms with Gasteiger partial charge in [-0.1, -0.05) is 50.2 Å². The second-order valence-electron chi connectivity index (χ2n) is 6.46. The van der Waals surface area contributed by atoms with Crippen molar-refractivity contribution in [2.24, 2.45) is 0 Å². The molecule has 3 rings (SSSR count). The Morgan fingerprint density at radius 3 is 2.71 bits per heavy atom. The minimum atomic E-state index is 0.207. The molecule has 0 spiro atoms. The highest BCUT2D eigenvalue weighted by atomic mass is 32.1. The summed E-state index contributed by atoms with van der Waals surface area (Å²) in [6, 6.07) is 15.8. The third-order valence-corrected chi connectivity index (χ3v) is 5.56. The van der Waals surface area contributed by atoms with Crippen molar-refractivity contribution >= 4 is 11.3 Å². The molecule has 0 saturated carbocycles. The minimum Gasteiger partial charge on any atom is -0.314 e. The van der Waals surface area contributed by atoms with Crippen LogP contribution in [-0.2, 0) is 5.41 Å². The SMILES string of the molecule is CC(C)(CN1CCNCC1c1ccccc1)c1cccs1. The molecule has 2 aromatic rings. The Hall–Kier alpha value is -1.16. The van der Waals surface area contributed by atoms with E-state index in [0.29, 0.717) is 6.04 Å². The van der Waals surface area contributed by atoms with Crippen LogP contribution in [0.15, 0.2) is 47.8 Å². The van der Waals surface area contributed by atoms with Gasteiger partial charge in [0.15, 0.2) is 0 Å². The first kappa shape index (κ1) is 14.8. The van der Waals surface area contributed by atoms with Crippen LogP contribution in [0.5, 0.6) is 0 Å². The summed E-state index contributed by atoms with van der Waals surface area (Å²) < 4.78 is 0. The first-order chi connectivity index (χ1) is 10.2. The molecule has 2 heterocycles. The summed E-state index contributed by atoms with van der Waals surface area (Å²) in [5.41, 5.74) is 1.63. The van der Waals surface area contributed by atoms with Gasteiger partial charge < -0.3 is 5.32 Å². The van der Waals surface area contributed by atoms with Gasteiger partial charge in [-0.2, -0.15) is 0 Å². The summed E-state index contributed by atoms with van der Waals surface area (Å²) in [7, 11) is 0. The number of benzene rings is 1. The maximum Gasteiger partial charge on any atom is 0.0473 e. The van der Waals surface area contributed by atoms with Crippen molar-refractivity contribution in [3.8, 4) is 0 Å². The number of hydrogen-bond donors (Lipinski definition) is 1. The van der Waals surface area contributed by atoms with Gasteiger partial charge in [-0.15, -0.1) is 11.3 Å². The molecule has 1 aromatic heterocycles. The summed E-state index contributed by atoms with van der Waals surface area (Å²) in [4.78, 5) is 4.12. The van der Waals surface area contributed by atoms with Crippen LogP contribution in [0.4, 0.5) is 0 Å². The fourth-order valence-corrected chi connectivity index (χ4v) is 4.03. The maximum absolute atomic E-state index is 3.54. The number of hydrogen-bond acceptors (Lipinski definition) is 3. The molecule has 1 saturated heterocycles. The lowest BCUT2D eigenvalue weighted by Crippen LogP contribution is -2.49. The van der Waals surface area contributed by atoms with Crippen LogP contribution >= 0.6 is 11.3 Å². The van der Waals surface area contributed by atoms with Crippen LogP contribution in [0.3, 0.4) is 0 Å². The number of rotatable bonds is 4. The zero-order valence-electron chi connectivity index (χ0n) is 12.9. The van der Waals surface area contributed by atoms with Crippen LogP contribution in [0, 0.1) is 0 Å². The summed E-state index contributed by atoms with van der Waals surface area (Å²) >= 11 is 1.87. The first-order valence-corrected chi connectivity index (χ1v) is 8.58. The molecule has 1 aliphatic rings. The molecule has 21 heavy (non-hydrogen) atoms. The lowest BCUT2D eigenvalue weighted by Gasteiger charge is -2.41. The van der Waals surface area contributed by atoms with Gasteiger partial charge in [0.25, 0.3) is 0 Å². The fraction of sp³-hybridized carbons (Fsp3) is 0.444. The fourth-order valence-electron chi connectivity index (χ4n) is 3.19. The van der Waals surface area contributed by atoms with E-state index in [1.807, 2.05) is 11.3 Å². The van der Waals surface area contributed by atoms with Gasteiger partial charge in [0.05, 0.1) is 0 Å². The molecule has 1 fully saturated rings. The van der Waals surface area contributed by atoms with Crippen molar-refractivity contribution in [1.82, 2.24) is 10.2 Å². The molecule has 0 aliphatic carbocycles. The van der Waals surface area contributed by atoms with Crippen LogP contribution in [0.1, 0.15) is 30.3 Å². The Bertz CT molecular complexity index is 548. The van der Waals surface area contributed by atoms with Gasteiger partial charge in [0, 0.05) is 42.5 Å². The van der Waals surface area contributed by atoms with E-state index >= 15 is 0 Å². The Kier molecular flexibility index (Phi) is 4.43. The van der Waals surface area contributed by atoms with Crippen LogP contribution in [-0.4, -0.2) is 31.1 Å². The van der Waals surface area contributed by atoms with E-state index < -0.39 is 0 Å². The van der Waals surface area contributed by atoms with Crippen molar-refractivity contribution in [2.45, 2.75) is 25.3 Å². The zero-order valence-corrected chi connectivity index (χ0v) is 13.7. The maximum atomic E-state index is 3.54. The third kappa shape index (κ3) is 3.37.